The van der Waals surface area contributed by atoms with Gasteiger partial charge < -0.3 is 4.74 Å². The Labute approximate surface area is 228 Å². The number of imide groups is 1. The average Bonchev–Trinajstić information content (AvgIpc) is 3.21. The van der Waals surface area contributed by atoms with Crippen LogP contribution < -0.4 is 4.74 Å². The summed E-state index contributed by atoms with van der Waals surface area (Å²) >= 11 is 3.45. The van der Waals surface area contributed by atoms with Crippen LogP contribution in [0.4, 0.5) is 0 Å². The van der Waals surface area contributed by atoms with E-state index in [1.807, 2.05) is 72.8 Å². The molecule has 4 aromatic carbocycles. The minimum Gasteiger partial charge on any atom is -0.488 e. The first kappa shape index (κ1) is 23.1. The Bertz CT molecular complexity index is 1500. The van der Waals surface area contributed by atoms with Crippen molar-refractivity contribution in [3.05, 3.63) is 135 Å². The Kier molecular flexibility index (Phi) is 5.51. The van der Waals surface area contributed by atoms with Gasteiger partial charge in [-0.3, -0.25) is 9.59 Å². The third-order valence-electron chi connectivity index (χ3n) is 7.96. The van der Waals surface area contributed by atoms with E-state index in [-0.39, 0.29) is 23.7 Å². The number of hydrazone groups is 1. The molecule has 1 aliphatic heterocycles. The number of halogens is 1. The molecular weight excluding hydrogens is 540 g/mol. The van der Waals surface area contributed by atoms with Gasteiger partial charge in [0.1, 0.15) is 12.4 Å². The lowest BCUT2D eigenvalue weighted by atomic mass is 9.55. The van der Waals surface area contributed by atoms with Gasteiger partial charge in [-0.25, -0.2) is 0 Å². The third-order valence-corrected chi connectivity index (χ3v) is 8.49. The van der Waals surface area contributed by atoms with E-state index in [1.54, 1.807) is 6.21 Å². The number of carbonyl (C=O) groups is 2. The summed E-state index contributed by atoms with van der Waals surface area (Å²) in [5.41, 5.74) is 6.33. The van der Waals surface area contributed by atoms with Crippen LogP contribution in [0.2, 0.25) is 0 Å². The molecule has 2 bridgehead atoms. The quantitative estimate of drug-likeness (QED) is 0.213. The van der Waals surface area contributed by atoms with Gasteiger partial charge in [0.05, 0.1) is 18.1 Å². The van der Waals surface area contributed by atoms with Crippen molar-refractivity contribution in [1.82, 2.24) is 5.01 Å². The summed E-state index contributed by atoms with van der Waals surface area (Å²) in [5, 5.41) is 5.55. The van der Waals surface area contributed by atoms with Crippen LogP contribution in [-0.2, 0) is 16.2 Å². The number of amides is 2. The first-order valence-corrected chi connectivity index (χ1v) is 13.5. The number of nitrogens with zero attached hydrogens (tertiary/aromatic N) is 2. The fourth-order valence-corrected chi connectivity index (χ4v) is 6.62. The molecule has 1 heterocycles. The van der Waals surface area contributed by atoms with Crippen molar-refractivity contribution in [2.75, 3.05) is 0 Å². The highest BCUT2D eigenvalue weighted by Crippen LogP contribution is 2.60. The van der Waals surface area contributed by atoms with Crippen LogP contribution >= 0.6 is 15.9 Å². The Hall–Kier alpha value is -4.03. The zero-order valence-electron chi connectivity index (χ0n) is 20.3. The molecular formula is C32H23BrN2O3. The highest BCUT2D eigenvalue weighted by Gasteiger charge is 2.61. The fraction of sp³-hybridized carbons (Fsp3) is 0.156. The van der Waals surface area contributed by atoms with Crippen LogP contribution in [0.1, 0.15) is 45.2 Å². The van der Waals surface area contributed by atoms with Crippen molar-refractivity contribution in [3.63, 3.8) is 0 Å². The van der Waals surface area contributed by atoms with E-state index in [2.05, 4.69) is 45.3 Å². The maximum atomic E-state index is 13.8. The molecule has 2 amide bonds. The second-order valence-electron chi connectivity index (χ2n) is 9.95. The van der Waals surface area contributed by atoms with Crippen LogP contribution in [0, 0.1) is 11.8 Å². The summed E-state index contributed by atoms with van der Waals surface area (Å²) in [6.45, 7) is 0.393. The largest absolute Gasteiger partial charge is 0.488 e. The molecule has 0 radical (unpaired) electrons. The van der Waals surface area contributed by atoms with Crippen molar-refractivity contribution in [3.8, 4) is 5.75 Å². The van der Waals surface area contributed by atoms with E-state index in [1.165, 1.54) is 0 Å². The number of benzene rings is 4. The Morgan fingerprint density at radius 1 is 0.711 bits per heavy atom. The van der Waals surface area contributed by atoms with Crippen molar-refractivity contribution < 1.29 is 14.3 Å². The number of hydrogen-bond donors (Lipinski definition) is 0. The zero-order chi connectivity index (χ0) is 25.8. The lowest BCUT2D eigenvalue weighted by Crippen LogP contribution is -2.41. The Morgan fingerprint density at radius 2 is 1.21 bits per heavy atom. The normalized spacial score (nSPS) is 22.9. The van der Waals surface area contributed by atoms with E-state index in [0.717, 1.165) is 37.3 Å². The Morgan fingerprint density at radius 3 is 1.76 bits per heavy atom. The minimum absolute atomic E-state index is 0.143. The SMILES string of the molecule is O=C1[C@@H]2C3c4ccccc4C(c4ccccc43)[C@@H]2C(=O)N1/N=C\c1ccccc1OCc1ccc(Br)cc1. The number of rotatable bonds is 5. The van der Waals surface area contributed by atoms with Crippen LogP contribution in [-0.4, -0.2) is 23.0 Å². The number of carbonyl (C=O) groups excluding carboxylic acids is 2. The molecule has 4 aliphatic rings. The maximum absolute atomic E-state index is 13.8. The molecule has 186 valence electrons. The van der Waals surface area contributed by atoms with Gasteiger partial charge in [0, 0.05) is 21.9 Å². The van der Waals surface area contributed by atoms with Gasteiger partial charge in [-0.2, -0.15) is 10.1 Å². The standard InChI is InChI=1S/C32H23BrN2O3/c33-21-15-13-19(14-16-21)18-38-26-12-6-1-7-20(26)17-34-35-31(36)29-27-22-8-2-3-9-23(22)28(30(29)32(35)37)25-11-5-4-10-24(25)27/h1-17,27-30H,18H2/b34-17-/t27?,28?,29-,30+. The zero-order valence-corrected chi connectivity index (χ0v) is 21.9. The summed E-state index contributed by atoms with van der Waals surface area (Å²) in [5.74, 6) is -1.01. The molecule has 0 saturated carbocycles. The monoisotopic (exact) mass is 562 g/mol. The smallest absolute Gasteiger partial charge is 0.254 e. The fourth-order valence-electron chi connectivity index (χ4n) is 6.36. The average molecular weight is 563 g/mol. The molecule has 8 rings (SSSR count). The molecule has 6 heteroatoms. The molecule has 4 aromatic rings. The van der Waals surface area contributed by atoms with Gasteiger partial charge in [0.15, 0.2) is 0 Å². The van der Waals surface area contributed by atoms with Gasteiger partial charge in [0.2, 0.25) is 0 Å². The summed E-state index contributed by atoms with van der Waals surface area (Å²) in [6, 6.07) is 31.9. The summed E-state index contributed by atoms with van der Waals surface area (Å²) < 4.78 is 7.07. The number of para-hydroxylation sites is 1. The van der Waals surface area contributed by atoms with Crippen LogP contribution in [0.5, 0.6) is 5.75 Å². The summed E-state index contributed by atoms with van der Waals surface area (Å²) in [4.78, 5) is 27.5. The second kappa shape index (κ2) is 9.07. The van der Waals surface area contributed by atoms with Crippen molar-refractivity contribution in [2.24, 2.45) is 16.9 Å². The van der Waals surface area contributed by atoms with Crippen molar-refractivity contribution in [1.29, 1.82) is 0 Å². The van der Waals surface area contributed by atoms with Gasteiger partial charge in [0.25, 0.3) is 11.8 Å². The number of hydrogen-bond acceptors (Lipinski definition) is 4. The summed E-state index contributed by atoms with van der Waals surface area (Å²) in [6.07, 6.45) is 1.56. The molecule has 2 atom stereocenters. The lowest BCUT2D eigenvalue weighted by Gasteiger charge is -2.45. The molecule has 1 fully saturated rings. The molecule has 3 aliphatic carbocycles. The first-order valence-electron chi connectivity index (χ1n) is 12.7. The van der Waals surface area contributed by atoms with E-state index >= 15 is 0 Å². The molecule has 5 nitrogen and oxygen atoms in total. The van der Waals surface area contributed by atoms with Crippen LogP contribution in [0.25, 0.3) is 0 Å². The van der Waals surface area contributed by atoms with E-state index in [0.29, 0.717) is 17.9 Å². The predicted molar refractivity (Wildman–Crippen MR) is 148 cm³/mol. The molecule has 0 spiro atoms. The number of ether oxygens (including phenoxy) is 1. The van der Waals surface area contributed by atoms with Crippen LogP contribution in [0.3, 0.4) is 0 Å². The van der Waals surface area contributed by atoms with E-state index in [4.69, 9.17) is 4.74 Å². The van der Waals surface area contributed by atoms with Gasteiger partial charge >= 0.3 is 0 Å². The van der Waals surface area contributed by atoms with Crippen molar-refractivity contribution >= 4 is 34.0 Å². The Balaban J connectivity index is 1.19. The van der Waals surface area contributed by atoms with Gasteiger partial charge in [-0.15, -0.1) is 0 Å². The van der Waals surface area contributed by atoms with Gasteiger partial charge in [-0.05, 0) is 52.1 Å². The molecule has 0 N–H and O–H groups in total. The van der Waals surface area contributed by atoms with Crippen LogP contribution in [0.15, 0.2) is 107 Å². The molecule has 0 aromatic heterocycles. The van der Waals surface area contributed by atoms with Gasteiger partial charge in [-0.1, -0.05) is 88.7 Å². The van der Waals surface area contributed by atoms with Crippen molar-refractivity contribution in [2.45, 2.75) is 18.4 Å². The topological polar surface area (TPSA) is 59.0 Å². The molecule has 1 saturated heterocycles. The summed E-state index contributed by atoms with van der Waals surface area (Å²) in [7, 11) is 0. The second-order valence-corrected chi connectivity index (χ2v) is 10.9. The predicted octanol–water partition coefficient (Wildman–Crippen LogP) is 6.25. The van der Waals surface area contributed by atoms with E-state index < -0.39 is 11.8 Å². The lowest BCUT2D eigenvalue weighted by molar-refractivity contribution is -0.139. The first-order chi connectivity index (χ1) is 18.6. The molecule has 0 unspecified atom stereocenters. The third kappa shape index (κ3) is 3.55. The molecule has 38 heavy (non-hydrogen) atoms. The van der Waals surface area contributed by atoms with E-state index in [9.17, 15) is 9.59 Å². The highest BCUT2D eigenvalue weighted by molar-refractivity contribution is 9.10. The highest BCUT2D eigenvalue weighted by atomic mass is 79.9. The minimum atomic E-state index is -0.446. The maximum Gasteiger partial charge on any atom is 0.254 e.